The summed E-state index contributed by atoms with van der Waals surface area (Å²) in [4.78, 5) is 13.2. The Balaban J connectivity index is 2.05. The Morgan fingerprint density at radius 3 is 2.59 bits per heavy atom. The molecule has 3 rings (SSSR count). The van der Waals surface area contributed by atoms with Gasteiger partial charge in [0, 0.05) is 28.7 Å². The van der Waals surface area contributed by atoms with E-state index in [4.69, 9.17) is 11.6 Å². The van der Waals surface area contributed by atoms with Crippen LogP contribution in [-0.2, 0) is 4.79 Å². The Bertz CT molecular complexity index is 917. The highest BCUT2D eigenvalue weighted by Gasteiger charge is 2.32. The number of anilines is 1. The lowest BCUT2D eigenvalue weighted by molar-refractivity contribution is -0.114. The van der Waals surface area contributed by atoms with Gasteiger partial charge in [-0.3, -0.25) is 15.1 Å². The number of benzene rings is 2. The van der Waals surface area contributed by atoms with Crippen LogP contribution in [0.1, 0.15) is 5.56 Å². The molecule has 1 N–H and O–H groups in total. The van der Waals surface area contributed by atoms with Crippen LogP contribution < -0.4 is 5.01 Å². The minimum absolute atomic E-state index is 0.133. The molecule has 1 amide bonds. The van der Waals surface area contributed by atoms with Crippen LogP contribution in [0, 0.1) is 0 Å². The number of hydrogen-bond acceptors (Lipinski definition) is 5. The maximum atomic E-state index is 12.8. The SMILES string of the molecule is CN(O)C=C1C(=O)N(c2ccc(Cl)cc2)N=C1c1cccc(SC(F)F)c1. The Kier molecular flexibility index (Phi) is 5.79. The highest BCUT2D eigenvalue weighted by molar-refractivity contribution is 7.99. The van der Waals surface area contributed by atoms with E-state index in [1.54, 1.807) is 42.5 Å². The van der Waals surface area contributed by atoms with Crippen molar-refractivity contribution in [3.8, 4) is 0 Å². The lowest BCUT2D eigenvalue weighted by atomic mass is 10.0. The molecule has 0 saturated heterocycles. The van der Waals surface area contributed by atoms with E-state index < -0.39 is 11.7 Å². The largest absolute Gasteiger partial charge is 0.289 e. The number of nitrogens with zero attached hydrogens (tertiary/aromatic N) is 3. The smallest absolute Gasteiger partial charge is 0.288 e. The van der Waals surface area contributed by atoms with Crippen molar-refractivity contribution in [3.05, 3.63) is 70.9 Å². The van der Waals surface area contributed by atoms with Gasteiger partial charge in [0.15, 0.2) is 0 Å². The van der Waals surface area contributed by atoms with Crippen LogP contribution in [0.2, 0.25) is 5.02 Å². The predicted octanol–water partition coefficient (Wildman–Crippen LogP) is 4.61. The second-order valence-corrected chi connectivity index (χ2v) is 7.06. The van der Waals surface area contributed by atoms with Gasteiger partial charge in [0.25, 0.3) is 11.7 Å². The van der Waals surface area contributed by atoms with E-state index in [1.807, 2.05) is 0 Å². The van der Waals surface area contributed by atoms with Crippen molar-refractivity contribution in [2.45, 2.75) is 10.7 Å². The number of carbonyl (C=O) groups excluding carboxylic acids is 1. The van der Waals surface area contributed by atoms with Crippen molar-refractivity contribution in [1.29, 1.82) is 0 Å². The minimum Gasteiger partial charge on any atom is -0.289 e. The number of halogens is 3. The summed E-state index contributed by atoms with van der Waals surface area (Å²) in [6, 6.07) is 12.9. The molecule has 0 bridgehead atoms. The van der Waals surface area contributed by atoms with Gasteiger partial charge < -0.3 is 0 Å². The molecule has 0 unspecified atom stereocenters. The second-order valence-electron chi connectivity index (χ2n) is 5.56. The van der Waals surface area contributed by atoms with Gasteiger partial charge in [-0.25, -0.2) is 0 Å². The molecule has 0 spiro atoms. The number of hydroxylamine groups is 2. The molecule has 1 aliphatic heterocycles. The molecular formula is C18H14ClF2N3O2S. The van der Waals surface area contributed by atoms with Crippen molar-refractivity contribution in [3.63, 3.8) is 0 Å². The fraction of sp³-hybridized carbons (Fsp3) is 0.111. The molecule has 27 heavy (non-hydrogen) atoms. The predicted molar refractivity (Wildman–Crippen MR) is 101 cm³/mol. The highest BCUT2D eigenvalue weighted by Crippen LogP contribution is 2.30. The summed E-state index contributed by atoms with van der Waals surface area (Å²) in [5, 5.41) is 16.3. The quantitative estimate of drug-likeness (QED) is 0.445. The third kappa shape index (κ3) is 4.47. The van der Waals surface area contributed by atoms with Crippen LogP contribution in [0.25, 0.3) is 0 Å². The van der Waals surface area contributed by atoms with Crippen LogP contribution in [0.4, 0.5) is 14.5 Å². The standard InChI is InChI=1S/C18H14ClF2N3O2S/c1-23(26)10-15-16(11-3-2-4-14(9-11)27-18(20)21)22-24(17(15)25)13-7-5-12(19)6-8-13/h2-10,18,26H,1H3. The third-order valence-corrected chi connectivity index (χ3v) is 4.55. The summed E-state index contributed by atoms with van der Waals surface area (Å²) in [5.74, 6) is -3.02. The van der Waals surface area contributed by atoms with Crippen LogP contribution in [0.3, 0.4) is 0 Å². The third-order valence-electron chi connectivity index (χ3n) is 3.60. The first-order valence-corrected chi connectivity index (χ1v) is 8.98. The molecule has 5 nitrogen and oxygen atoms in total. The summed E-state index contributed by atoms with van der Waals surface area (Å²) < 4.78 is 25.3. The van der Waals surface area contributed by atoms with Gasteiger partial charge in [-0.05, 0) is 36.4 Å². The van der Waals surface area contributed by atoms with E-state index >= 15 is 0 Å². The first-order chi connectivity index (χ1) is 12.8. The first kappa shape index (κ1) is 19.3. The summed E-state index contributed by atoms with van der Waals surface area (Å²) >= 11 is 6.29. The molecule has 0 aromatic heterocycles. The number of rotatable bonds is 5. The Labute approximate surface area is 163 Å². The van der Waals surface area contributed by atoms with Crippen LogP contribution in [0.15, 0.2) is 70.3 Å². The number of hydrazone groups is 1. The molecule has 0 saturated carbocycles. The zero-order chi connectivity index (χ0) is 19.6. The van der Waals surface area contributed by atoms with Gasteiger partial charge in [-0.2, -0.15) is 18.9 Å². The Morgan fingerprint density at radius 1 is 1.26 bits per heavy atom. The fourth-order valence-electron chi connectivity index (χ4n) is 2.51. The second kappa shape index (κ2) is 8.08. The molecule has 0 atom stereocenters. The highest BCUT2D eigenvalue weighted by atomic mass is 35.5. The van der Waals surface area contributed by atoms with Crippen molar-refractivity contribution in [2.75, 3.05) is 12.1 Å². The van der Waals surface area contributed by atoms with Crippen LogP contribution in [0.5, 0.6) is 0 Å². The molecule has 1 aliphatic rings. The lowest BCUT2D eigenvalue weighted by Gasteiger charge is -2.11. The summed E-state index contributed by atoms with van der Waals surface area (Å²) in [5.41, 5.74) is 1.38. The summed E-state index contributed by atoms with van der Waals surface area (Å²) in [6.07, 6.45) is 1.23. The molecule has 0 fully saturated rings. The summed E-state index contributed by atoms with van der Waals surface area (Å²) in [7, 11) is 1.35. The fourth-order valence-corrected chi connectivity index (χ4v) is 3.19. The van der Waals surface area contributed by atoms with Gasteiger partial charge in [-0.1, -0.05) is 35.5 Å². The zero-order valence-electron chi connectivity index (χ0n) is 14.0. The van der Waals surface area contributed by atoms with Gasteiger partial charge in [0.05, 0.1) is 11.3 Å². The lowest BCUT2D eigenvalue weighted by Crippen LogP contribution is -2.22. The van der Waals surface area contributed by atoms with Crippen molar-refractivity contribution in [1.82, 2.24) is 5.06 Å². The van der Waals surface area contributed by atoms with Gasteiger partial charge in [-0.15, -0.1) is 0 Å². The molecular weight excluding hydrogens is 396 g/mol. The van der Waals surface area contributed by atoms with Crippen molar-refractivity contribution in [2.24, 2.45) is 5.10 Å². The summed E-state index contributed by atoms with van der Waals surface area (Å²) in [6.45, 7) is 0. The molecule has 2 aromatic carbocycles. The number of alkyl halides is 2. The van der Waals surface area contributed by atoms with E-state index in [0.29, 0.717) is 32.9 Å². The zero-order valence-corrected chi connectivity index (χ0v) is 15.6. The molecule has 1 heterocycles. The molecule has 140 valence electrons. The Hall–Kier alpha value is -2.42. The van der Waals surface area contributed by atoms with Crippen LogP contribution in [-0.4, -0.2) is 34.7 Å². The maximum absolute atomic E-state index is 12.8. The molecule has 0 aliphatic carbocycles. The number of amides is 1. The monoisotopic (exact) mass is 409 g/mol. The maximum Gasteiger partial charge on any atom is 0.288 e. The normalized spacial score (nSPS) is 15.6. The molecule has 9 heteroatoms. The van der Waals surface area contributed by atoms with Crippen molar-refractivity contribution < 1.29 is 18.8 Å². The number of carbonyl (C=O) groups is 1. The van der Waals surface area contributed by atoms with Crippen molar-refractivity contribution >= 4 is 40.7 Å². The van der Waals surface area contributed by atoms with E-state index in [9.17, 15) is 18.8 Å². The Morgan fingerprint density at radius 2 is 1.96 bits per heavy atom. The van der Waals surface area contributed by atoms with E-state index in [-0.39, 0.29) is 11.3 Å². The van der Waals surface area contributed by atoms with Gasteiger partial charge in [0.1, 0.15) is 5.71 Å². The topological polar surface area (TPSA) is 56.1 Å². The first-order valence-electron chi connectivity index (χ1n) is 7.73. The van der Waals surface area contributed by atoms with Gasteiger partial charge >= 0.3 is 0 Å². The van der Waals surface area contributed by atoms with Crippen LogP contribution >= 0.6 is 23.4 Å². The number of hydrogen-bond donors (Lipinski definition) is 1. The van der Waals surface area contributed by atoms with E-state index in [1.165, 1.54) is 24.3 Å². The molecule has 2 aromatic rings. The molecule has 0 radical (unpaired) electrons. The van der Waals surface area contributed by atoms with Gasteiger partial charge in [0.2, 0.25) is 0 Å². The van der Waals surface area contributed by atoms with E-state index in [2.05, 4.69) is 5.10 Å². The minimum atomic E-state index is -2.56. The average Bonchev–Trinajstić information content (AvgIpc) is 2.92. The van der Waals surface area contributed by atoms with E-state index in [0.717, 1.165) is 5.06 Å². The number of thioether (sulfide) groups is 1. The average molecular weight is 410 g/mol.